The fourth-order valence-corrected chi connectivity index (χ4v) is 4.18. The zero-order valence-corrected chi connectivity index (χ0v) is 16.5. The number of ketones is 2. The van der Waals surface area contributed by atoms with Gasteiger partial charge in [0.2, 0.25) is 5.78 Å². The van der Waals surface area contributed by atoms with Crippen LogP contribution < -0.4 is 0 Å². The Morgan fingerprint density at radius 1 is 1.00 bits per heavy atom. The molecule has 1 aliphatic rings. The number of sulfone groups is 1. The molecule has 0 bridgehead atoms. The highest BCUT2D eigenvalue weighted by atomic mass is 32.2. The van der Waals surface area contributed by atoms with Gasteiger partial charge in [0.05, 0.1) is 10.9 Å². The average molecular weight is 399 g/mol. The molecule has 2 aromatic carbocycles. The van der Waals surface area contributed by atoms with Crippen molar-refractivity contribution in [3.8, 4) is 0 Å². The molecule has 6 nitrogen and oxygen atoms in total. The molecule has 1 saturated heterocycles. The van der Waals surface area contributed by atoms with Crippen LogP contribution in [0.2, 0.25) is 0 Å². The maximum atomic E-state index is 12.6. The van der Waals surface area contributed by atoms with E-state index in [0.717, 1.165) is 11.8 Å². The number of carbonyl (C=O) groups is 3. The van der Waals surface area contributed by atoms with Gasteiger partial charge in [0.1, 0.15) is 11.7 Å². The minimum Gasteiger partial charge on any atom is -0.328 e. The lowest BCUT2D eigenvalue weighted by atomic mass is 9.90. The summed E-state index contributed by atoms with van der Waals surface area (Å²) in [5, 5.41) is 0. The van der Waals surface area contributed by atoms with Gasteiger partial charge in [-0.2, -0.15) is 0 Å². The Bertz CT molecular complexity index is 1010. The second-order valence-electron chi connectivity index (χ2n) is 6.97. The average Bonchev–Trinajstić information content (AvgIpc) is 2.91. The number of hydrogen-bond acceptors (Lipinski definition) is 5. The number of carbonyl (C=O) groups excluding carboxylic acids is 3. The van der Waals surface area contributed by atoms with Gasteiger partial charge in [-0.05, 0) is 36.6 Å². The molecule has 0 aliphatic carbocycles. The highest BCUT2D eigenvalue weighted by Crippen LogP contribution is 2.37. The van der Waals surface area contributed by atoms with Crippen LogP contribution in [0.4, 0.5) is 0 Å². The summed E-state index contributed by atoms with van der Waals surface area (Å²) in [6.45, 7) is 1.59. The van der Waals surface area contributed by atoms with Crippen molar-refractivity contribution in [1.29, 1.82) is 0 Å². The zero-order valence-electron chi connectivity index (χ0n) is 15.7. The Labute approximate surface area is 164 Å². The minimum atomic E-state index is -3.37. The molecule has 2 unspecified atom stereocenters. The second kappa shape index (κ2) is 7.67. The van der Waals surface area contributed by atoms with Crippen LogP contribution in [0.15, 0.2) is 59.5 Å². The summed E-state index contributed by atoms with van der Waals surface area (Å²) in [5.74, 6) is -2.84. The molecule has 1 amide bonds. The van der Waals surface area contributed by atoms with Gasteiger partial charge < -0.3 is 4.90 Å². The molecule has 0 saturated carbocycles. The summed E-state index contributed by atoms with van der Waals surface area (Å²) in [6, 6.07) is 14.8. The van der Waals surface area contributed by atoms with E-state index in [0.29, 0.717) is 12.0 Å². The van der Waals surface area contributed by atoms with Gasteiger partial charge in [-0.25, -0.2) is 8.42 Å². The fraction of sp³-hybridized carbons (Fsp3) is 0.286. The van der Waals surface area contributed by atoms with E-state index >= 15 is 0 Å². The van der Waals surface area contributed by atoms with Gasteiger partial charge in [-0.15, -0.1) is 0 Å². The number of benzene rings is 2. The molecule has 3 rings (SSSR count). The van der Waals surface area contributed by atoms with Crippen LogP contribution in [0.5, 0.6) is 0 Å². The standard InChI is InChI=1S/C21H21NO5S/c1-14(23)18-19(16-8-10-17(11-9-16)28(2,26)27)22(21(25)20(18)24)13-12-15-6-4-3-5-7-15/h3-11,18-19H,12-13H2,1-2H3. The highest BCUT2D eigenvalue weighted by molar-refractivity contribution is 7.90. The number of amides is 1. The number of hydrogen-bond donors (Lipinski definition) is 0. The molecule has 0 N–H and O–H groups in total. The molecular weight excluding hydrogens is 378 g/mol. The first-order valence-electron chi connectivity index (χ1n) is 8.89. The predicted molar refractivity (Wildman–Crippen MR) is 103 cm³/mol. The smallest absolute Gasteiger partial charge is 0.291 e. The normalized spacial score (nSPS) is 19.9. The lowest BCUT2D eigenvalue weighted by molar-refractivity contribution is -0.142. The SMILES string of the molecule is CC(=O)C1C(=O)C(=O)N(CCc2ccccc2)C1c1ccc(S(C)(=O)=O)cc1. The van der Waals surface area contributed by atoms with E-state index in [-0.39, 0.29) is 17.2 Å². The van der Waals surface area contributed by atoms with Crippen molar-refractivity contribution in [2.45, 2.75) is 24.3 Å². The summed E-state index contributed by atoms with van der Waals surface area (Å²) >= 11 is 0. The quantitative estimate of drug-likeness (QED) is 0.547. The van der Waals surface area contributed by atoms with E-state index < -0.39 is 33.5 Å². The summed E-state index contributed by atoms with van der Waals surface area (Å²) in [4.78, 5) is 38.8. The maximum absolute atomic E-state index is 12.6. The molecule has 2 atom stereocenters. The molecule has 28 heavy (non-hydrogen) atoms. The van der Waals surface area contributed by atoms with Crippen LogP contribution in [0.25, 0.3) is 0 Å². The largest absolute Gasteiger partial charge is 0.328 e. The van der Waals surface area contributed by atoms with Crippen molar-refractivity contribution in [2.75, 3.05) is 12.8 Å². The van der Waals surface area contributed by atoms with Crippen LogP contribution in [-0.4, -0.2) is 43.6 Å². The highest BCUT2D eigenvalue weighted by Gasteiger charge is 2.49. The Hall–Kier alpha value is -2.80. The molecule has 0 spiro atoms. The van der Waals surface area contributed by atoms with Crippen molar-refractivity contribution in [3.05, 3.63) is 65.7 Å². The fourth-order valence-electron chi connectivity index (χ4n) is 3.55. The van der Waals surface area contributed by atoms with Crippen molar-refractivity contribution in [2.24, 2.45) is 5.92 Å². The van der Waals surface area contributed by atoms with E-state index in [4.69, 9.17) is 0 Å². The van der Waals surface area contributed by atoms with Gasteiger partial charge in [0.15, 0.2) is 9.84 Å². The lowest BCUT2D eigenvalue weighted by Gasteiger charge is -2.27. The number of likely N-dealkylation sites (tertiary alicyclic amines) is 1. The zero-order chi connectivity index (χ0) is 20.5. The monoisotopic (exact) mass is 399 g/mol. The predicted octanol–water partition coefficient (Wildman–Crippen LogP) is 1.99. The molecule has 0 aromatic heterocycles. The lowest BCUT2D eigenvalue weighted by Crippen LogP contribution is -2.32. The molecule has 1 aliphatic heterocycles. The van der Waals surface area contributed by atoms with Gasteiger partial charge >= 0.3 is 0 Å². The summed E-state index contributed by atoms with van der Waals surface area (Å²) in [7, 11) is -3.37. The van der Waals surface area contributed by atoms with Crippen LogP contribution in [0.1, 0.15) is 24.1 Å². The van der Waals surface area contributed by atoms with Gasteiger partial charge in [0.25, 0.3) is 5.91 Å². The van der Waals surface area contributed by atoms with Crippen molar-refractivity contribution < 1.29 is 22.8 Å². The third kappa shape index (κ3) is 3.89. The Balaban J connectivity index is 1.95. The van der Waals surface area contributed by atoms with Gasteiger partial charge in [0, 0.05) is 12.8 Å². The molecular formula is C21H21NO5S. The second-order valence-corrected chi connectivity index (χ2v) is 8.99. The van der Waals surface area contributed by atoms with Crippen LogP contribution in [-0.2, 0) is 30.6 Å². The molecule has 2 aromatic rings. The van der Waals surface area contributed by atoms with Crippen molar-refractivity contribution >= 4 is 27.3 Å². The van der Waals surface area contributed by atoms with Crippen LogP contribution in [0.3, 0.4) is 0 Å². The van der Waals surface area contributed by atoms with Gasteiger partial charge in [-0.1, -0.05) is 42.5 Å². The van der Waals surface area contributed by atoms with E-state index in [1.54, 1.807) is 12.1 Å². The number of nitrogens with zero attached hydrogens (tertiary/aromatic N) is 1. The Kier molecular flexibility index (Phi) is 5.47. The first kappa shape index (κ1) is 19.9. The minimum absolute atomic E-state index is 0.141. The van der Waals surface area contributed by atoms with E-state index in [2.05, 4.69) is 0 Å². The van der Waals surface area contributed by atoms with Crippen molar-refractivity contribution in [1.82, 2.24) is 4.90 Å². The summed E-state index contributed by atoms with van der Waals surface area (Å²) in [5.41, 5.74) is 1.58. The van der Waals surface area contributed by atoms with E-state index in [1.807, 2.05) is 30.3 Å². The number of Topliss-reactive ketones (excluding diaryl/α,β-unsaturated/α-hetero) is 2. The van der Waals surface area contributed by atoms with Crippen molar-refractivity contribution in [3.63, 3.8) is 0 Å². The maximum Gasteiger partial charge on any atom is 0.291 e. The van der Waals surface area contributed by atoms with E-state index in [9.17, 15) is 22.8 Å². The first-order chi connectivity index (χ1) is 13.2. The van der Waals surface area contributed by atoms with E-state index in [1.165, 1.54) is 24.0 Å². The Morgan fingerprint density at radius 3 is 2.14 bits per heavy atom. The third-order valence-corrected chi connectivity index (χ3v) is 6.11. The molecule has 0 radical (unpaired) electrons. The topological polar surface area (TPSA) is 88.6 Å². The Morgan fingerprint density at radius 2 is 1.61 bits per heavy atom. The third-order valence-electron chi connectivity index (χ3n) is 4.98. The molecule has 1 heterocycles. The first-order valence-corrected chi connectivity index (χ1v) is 10.8. The molecule has 7 heteroatoms. The van der Waals surface area contributed by atoms with Crippen LogP contribution in [0, 0.1) is 5.92 Å². The number of rotatable bonds is 6. The molecule has 1 fully saturated rings. The summed E-state index contributed by atoms with van der Waals surface area (Å²) < 4.78 is 23.4. The van der Waals surface area contributed by atoms with Crippen LogP contribution >= 0.6 is 0 Å². The molecule has 146 valence electrons. The summed E-state index contributed by atoms with van der Waals surface area (Å²) in [6.07, 6.45) is 1.65. The van der Waals surface area contributed by atoms with Gasteiger partial charge in [-0.3, -0.25) is 14.4 Å².